The smallest absolute Gasteiger partial charge is 0.232 e. The third-order valence-electron chi connectivity index (χ3n) is 2.67. The molecular formula is C11H10N2O. The van der Waals surface area contributed by atoms with Gasteiger partial charge in [0, 0.05) is 12.8 Å². The van der Waals surface area contributed by atoms with E-state index in [9.17, 15) is 4.79 Å². The van der Waals surface area contributed by atoms with Crippen molar-refractivity contribution in [1.82, 2.24) is 9.55 Å². The molecular weight excluding hydrogens is 176 g/mol. The molecule has 0 amide bonds. The molecule has 14 heavy (non-hydrogen) atoms. The van der Waals surface area contributed by atoms with Gasteiger partial charge >= 0.3 is 0 Å². The zero-order valence-electron chi connectivity index (χ0n) is 7.73. The minimum absolute atomic E-state index is 0.181. The average molecular weight is 186 g/mol. The van der Waals surface area contributed by atoms with Gasteiger partial charge in [0.05, 0.1) is 11.0 Å². The van der Waals surface area contributed by atoms with Gasteiger partial charge < -0.3 is 0 Å². The van der Waals surface area contributed by atoms with E-state index >= 15 is 0 Å². The van der Waals surface area contributed by atoms with Crippen LogP contribution in [0.2, 0.25) is 0 Å². The van der Waals surface area contributed by atoms with Crippen molar-refractivity contribution >= 4 is 16.9 Å². The molecule has 1 aromatic carbocycles. The van der Waals surface area contributed by atoms with E-state index in [4.69, 9.17) is 0 Å². The van der Waals surface area contributed by atoms with E-state index in [0.29, 0.717) is 6.42 Å². The molecule has 0 radical (unpaired) electrons. The van der Waals surface area contributed by atoms with Gasteiger partial charge in [0.1, 0.15) is 5.82 Å². The highest BCUT2D eigenvalue weighted by molar-refractivity contribution is 5.91. The second kappa shape index (κ2) is 2.67. The first-order valence-corrected chi connectivity index (χ1v) is 4.86. The Hall–Kier alpha value is -1.64. The molecule has 0 bridgehead atoms. The highest BCUT2D eigenvalue weighted by Crippen LogP contribution is 2.21. The van der Waals surface area contributed by atoms with Crippen LogP contribution in [0.5, 0.6) is 0 Å². The number of aryl methyl sites for hydroxylation is 1. The van der Waals surface area contributed by atoms with Gasteiger partial charge in [-0.3, -0.25) is 9.36 Å². The van der Waals surface area contributed by atoms with Crippen molar-refractivity contribution in [2.24, 2.45) is 0 Å². The van der Waals surface area contributed by atoms with Crippen LogP contribution < -0.4 is 0 Å². The zero-order chi connectivity index (χ0) is 9.54. The monoisotopic (exact) mass is 186 g/mol. The standard InChI is InChI=1S/C11H10N2O/c14-11-7-3-6-10-12-8-4-1-2-5-9(8)13(10)11/h1-2,4-5H,3,6-7H2. The molecule has 1 aliphatic rings. The number of para-hydroxylation sites is 2. The second-order valence-electron chi connectivity index (χ2n) is 3.60. The van der Waals surface area contributed by atoms with Gasteiger partial charge in [-0.25, -0.2) is 4.98 Å². The number of hydrogen-bond donors (Lipinski definition) is 0. The molecule has 2 heterocycles. The molecule has 0 fully saturated rings. The molecule has 70 valence electrons. The number of aromatic nitrogens is 2. The maximum Gasteiger partial charge on any atom is 0.232 e. The molecule has 2 aromatic rings. The number of fused-ring (bicyclic) bond motifs is 3. The first-order valence-electron chi connectivity index (χ1n) is 4.86. The van der Waals surface area contributed by atoms with Gasteiger partial charge in [-0.2, -0.15) is 0 Å². The highest BCUT2D eigenvalue weighted by atomic mass is 16.2. The summed E-state index contributed by atoms with van der Waals surface area (Å²) in [6.45, 7) is 0. The van der Waals surface area contributed by atoms with Gasteiger partial charge in [-0.05, 0) is 18.6 Å². The van der Waals surface area contributed by atoms with Crippen LogP contribution in [-0.4, -0.2) is 15.5 Å². The maximum atomic E-state index is 11.7. The summed E-state index contributed by atoms with van der Waals surface area (Å²) in [5, 5.41) is 0. The fourth-order valence-electron chi connectivity index (χ4n) is 2.03. The Balaban J connectivity index is 2.39. The first kappa shape index (κ1) is 7.74. The Morgan fingerprint density at radius 3 is 3.00 bits per heavy atom. The second-order valence-corrected chi connectivity index (χ2v) is 3.60. The van der Waals surface area contributed by atoms with Crippen LogP contribution in [-0.2, 0) is 6.42 Å². The Morgan fingerprint density at radius 1 is 1.21 bits per heavy atom. The summed E-state index contributed by atoms with van der Waals surface area (Å²) in [6, 6.07) is 7.80. The van der Waals surface area contributed by atoms with Crippen LogP contribution in [0.15, 0.2) is 24.3 Å². The summed E-state index contributed by atoms with van der Waals surface area (Å²) in [5.41, 5.74) is 1.88. The Kier molecular flexibility index (Phi) is 1.48. The van der Waals surface area contributed by atoms with Crippen molar-refractivity contribution in [2.75, 3.05) is 0 Å². The van der Waals surface area contributed by atoms with E-state index < -0.39 is 0 Å². The molecule has 3 heteroatoms. The molecule has 0 saturated heterocycles. The van der Waals surface area contributed by atoms with Crippen molar-refractivity contribution in [3.63, 3.8) is 0 Å². The number of carbonyl (C=O) groups excluding carboxylic acids is 1. The molecule has 3 rings (SSSR count). The predicted molar refractivity (Wildman–Crippen MR) is 53.3 cm³/mol. The first-order chi connectivity index (χ1) is 6.86. The van der Waals surface area contributed by atoms with E-state index in [2.05, 4.69) is 4.98 Å². The number of imidazole rings is 1. The van der Waals surface area contributed by atoms with E-state index in [1.165, 1.54) is 0 Å². The summed E-state index contributed by atoms with van der Waals surface area (Å²) in [4.78, 5) is 16.1. The summed E-state index contributed by atoms with van der Waals surface area (Å²) in [5.74, 6) is 1.10. The summed E-state index contributed by atoms with van der Waals surface area (Å²) >= 11 is 0. The Labute approximate surface area is 81.4 Å². The minimum atomic E-state index is 0.181. The number of carbonyl (C=O) groups is 1. The van der Waals surface area contributed by atoms with Crippen molar-refractivity contribution < 1.29 is 4.79 Å². The zero-order valence-corrected chi connectivity index (χ0v) is 7.73. The van der Waals surface area contributed by atoms with Crippen LogP contribution in [0.3, 0.4) is 0 Å². The van der Waals surface area contributed by atoms with Crippen molar-refractivity contribution in [2.45, 2.75) is 19.3 Å². The molecule has 0 unspecified atom stereocenters. The van der Waals surface area contributed by atoms with Crippen molar-refractivity contribution in [3.05, 3.63) is 30.1 Å². The minimum Gasteiger partial charge on any atom is -0.274 e. The van der Waals surface area contributed by atoms with E-state index in [0.717, 1.165) is 29.7 Å². The third-order valence-corrected chi connectivity index (χ3v) is 2.67. The van der Waals surface area contributed by atoms with Crippen LogP contribution in [0.25, 0.3) is 11.0 Å². The van der Waals surface area contributed by atoms with Gasteiger partial charge in [-0.1, -0.05) is 12.1 Å². The molecule has 0 aliphatic carbocycles. The number of nitrogens with zero attached hydrogens (tertiary/aromatic N) is 2. The number of benzene rings is 1. The van der Waals surface area contributed by atoms with E-state index in [-0.39, 0.29) is 5.91 Å². The lowest BCUT2D eigenvalue weighted by atomic mass is 10.1. The average Bonchev–Trinajstić information content (AvgIpc) is 2.57. The van der Waals surface area contributed by atoms with Gasteiger partial charge in [0.15, 0.2) is 0 Å². The Bertz CT molecular complexity index is 513. The molecule has 0 atom stereocenters. The number of rotatable bonds is 0. The number of hydrogen-bond acceptors (Lipinski definition) is 2. The lowest BCUT2D eigenvalue weighted by molar-refractivity contribution is 0.0888. The topological polar surface area (TPSA) is 34.9 Å². The molecule has 0 saturated carbocycles. The molecule has 0 N–H and O–H groups in total. The third kappa shape index (κ3) is 0.923. The normalized spacial score (nSPS) is 15.9. The SMILES string of the molecule is O=C1CCCc2nc3ccccc3n21. The van der Waals surface area contributed by atoms with Gasteiger partial charge in [0.2, 0.25) is 5.91 Å². The van der Waals surface area contributed by atoms with Crippen LogP contribution in [0.1, 0.15) is 23.5 Å². The van der Waals surface area contributed by atoms with Gasteiger partial charge in [-0.15, -0.1) is 0 Å². The Morgan fingerprint density at radius 2 is 2.07 bits per heavy atom. The lowest BCUT2D eigenvalue weighted by Gasteiger charge is -2.11. The fourth-order valence-corrected chi connectivity index (χ4v) is 2.03. The largest absolute Gasteiger partial charge is 0.274 e. The maximum absolute atomic E-state index is 11.7. The summed E-state index contributed by atoms with van der Waals surface area (Å²) < 4.78 is 1.76. The lowest BCUT2D eigenvalue weighted by Crippen LogP contribution is -2.19. The highest BCUT2D eigenvalue weighted by Gasteiger charge is 2.20. The molecule has 1 aliphatic heterocycles. The quantitative estimate of drug-likeness (QED) is 0.630. The fraction of sp³-hybridized carbons (Fsp3) is 0.273. The van der Waals surface area contributed by atoms with Crippen LogP contribution >= 0.6 is 0 Å². The van der Waals surface area contributed by atoms with E-state index in [1.54, 1.807) is 4.57 Å². The van der Waals surface area contributed by atoms with E-state index in [1.807, 2.05) is 24.3 Å². The molecule has 1 aromatic heterocycles. The molecule has 0 spiro atoms. The van der Waals surface area contributed by atoms with Gasteiger partial charge in [0.25, 0.3) is 0 Å². The molecule has 3 nitrogen and oxygen atoms in total. The predicted octanol–water partition coefficient (Wildman–Crippen LogP) is 2.01. The summed E-state index contributed by atoms with van der Waals surface area (Å²) in [7, 11) is 0. The summed E-state index contributed by atoms with van der Waals surface area (Å²) in [6.07, 6.45) is 2.50. The van der Waals surface area contributed by atoms with Crippen molar-refractivity contribution in [1.29, 1.82) is 0 Å². The van der Waals surface area contributed by atoms with Crippen LogP contribution in [0, 0.1) is 0 Å². The van der Waals surface area contributed by atoms with Crippen molar-refractivity contribution in [3.8, 4) is 0 Å². The van der Waals surface area contributed by atoms with Crippen LogP contribution in [0.4, 0.5) is 0 Å².